The van der Waals surface area contributed by atoms with Crippen LogP contribution < -0.4 is 10.6 Å². The van der Waals surface area contributed by atoms with Crippen LogP contribution in [0.1, 0.15) is 9.75 Å². The Hall–Kier alpha value is -0.520. The summed E-state index contributed by atoms with van der Waals surface area (Å²) in [4.78, 5) is 14.1. The first kappa shape index (κ1) is 11.0. The summed E-state index contributed by atoms with van der Waals surface area (Å²) >= 11 is 3.50. The van der Waals surface area contributed by atoms with Crippen LogP contribution in [0, 0.1) is 6.92 Å². The molecule has 1 aromatic rings. The highest BCUT2D eigenvalue weighted by atomic mass is 32.2. The molecule has 1 amide bonds. The van der Waals surface area contributed by atoms with Gasteiger partial charge in [0.25, 0.3) is 0 Å². The van der Waals surface area contributed by atoms with E-state index in [1.54, 1.807) is 23.1 Å². The molecule has 1 aliphatic rings. The lowest BCUT2D eigenvalue weighted by molar-refractivity contribution is -0.122. The van der Waals surface area contributed by atoms with Crippen molar-refractivity contribution < 1.29 is 4.79 Å². The second kappa shape index (κ2) is 5.01. The highest BCUT2D eigenvalue weighted by molar-refractivity contribution is 7.99. The van der Waals surface area contributed by atoms with Crippen molar-refractivity contribution in [1.29, 1.82) is 0 Å². The van der Waals surface area contributed by atoms with Crippen molar-refractivity contribution in [3.63, 3.8) is 0 Å². The lowest BCUT2D eigenvalue weighted by Gasteiger charge is -2.09. The van der Waals surface area contributed by atoms with Crippen LogP contribution in [0.3, 0.4) is 0 Å². The van der Waals surface area contributed by atoms with E-state index in [0.717, 1.165) is 11.6 Å². The quantitative estimate of drug-likeness (QED) is 0.840. The average Bonchev–Trinajstić information content (AvgIpc) is 2.84. The molecule has 0 unspecified atom stereocenters. The predicted molar refractivity (Wildman–Crippen MR) is 65.2 cm³/mol. The van der Waals surface area contributed by atoms with Crippen LogP contribution in [0.25, 0.3) is 0 Å². The molecule has 15 heavy (non-hydrogen) atoms. The molecule has 2 heterocycles. The summed E-state index contributed by atoms with van der Waals surface area (Å²) in [7, 11) is 0. The molecule has 2 N–H and O–H groups in total. The topological polar surface area (TPSA) is 41.1 Å². The molecular formula is C10H14N2OS2. The number of aryl methyl sites for hydroxylation is 1. The van der Waals surface area contributed by atoms with Gasteiger partial charge in [0.2, 0.25) is 5.91 Å². The third-order valence-corrected chi connectivity index (χ3v) is 4.21. The number of thioether (sulfide) groups is 1. The normalized spacial score (nSPS) is 20.5. The van der Waals surface area contributed by atoms with Crippen LogP contribution in [0.5, 0.6) is 0 Å². The van der Waals surface area contributed by atoms with Crippen LogP contribution in [-0.4, -0.2) is 23.6 Å². The Morgan fingerprint density at radius 2 is 2.53 bits per heavy atom. The van der Waals surface area contributed by atoms with E-state index in [1.165, 1.54) is 9.75 Å². The van der Waals surface area contributed by atoms with E-state index in [0.29, 0.717) is 6.54 Å². The van der Waals surface area contributed by atoms with Crippen LogP contribution in [0.2, 0.25) is 0 Å². The zero-order valence-corrected chi connectivity index (χ0v) is 10.2. The summed E-state index contributed by atoms with van der Waals surface area (Å²) in [5.74, 6) is 1.89. The van der Waals surface area contributed by atoms with Gasteiger partial charge in [-0.25, -0.2) is 0 Å². The summed E-state index contributed by atoms with van der Waals surface area (Å²) in [6.45, 7) is 2.73. The van der Waals surface area contributed by atoms with E-state index >= 15 is 0 Å². The fourth-order valence-electron chi connectivity index (χ4n) is 1.44. The Labute approximate surface area is 97.6 Å². The van der Waals surface area contributed by atoms with E-state index < -0.39 is 0 Å². The van der Waals surface area contributed by atoms with Crippen molar-refractivity contribution in [2.75, 3.05) is 11.6 Å². The summed E-state index contributed by atoms with van der Waals surface area (Å²) in [6.07, 6.45) is 0. The minimum Gasteiger partial charge on any atom is -0.350 e. The standard InChI is InChI=1S/C10H14N2OS2/c1-7-2-3-8(15-7)4-11-10(13)9-5-14-6-12-9/h2-3,9,12H,4-6H2,1H3,(H,11,13)/t9-/m1/s1. The lowest BCUT2D eigenvalue weighted by Crippen LogP contribution is -2.41. The number of nitrogens with one attached hydrogen (secondary N) is 2. The van der Waals surface area contributed by atoms with Gasteiger partial charge in [0.15, 0.2) is 0 Å². The first-order valence-corrected chi connectivity index (χ1v) is 6.87. The van der Waals surface area contributed by atoms with Gasteiger partial charge in [0.1, 0.15) is 0 Å². The molecule has 0 saturated carbocycles. The fourth-order valence-corrected chi connectivity index (χ4v) is 3.21. The second-order valence-electron chi connectivity index (χ2n) is 3.50. The summed E-state index contributed by atoms with van der Waals surface area (Å²) < 4.78 is 0. The monoisotopic (exact) mass is 242 g/mol. The van der Waals surface area contributed by atoms with Crippen molar-refractivity contribution in [2.24, 2.45) is 0 Å². The molecule has 1 aromatic heterocycles. The Balaban J connectivity index is 1.80. The fraction of sp³-hybridized carbons (Fsp3) is 0.500. The molecule has 0 aromatic carbocycles. The average molecular weight is 242 g/mol. The molecule has 0 bridgehead atoms. The van der Waals surface area contributed by atoms with Crippen molar-refractivity contribution in [3.05, 3.63) is 21.9 Å². The summed E-state index contributed by atoms with van der Waals surface area (Å²) in [6, 6.07) is 4.14. The van der Waals surface area contributed by atoms with Gasteiger partial charge in [-0.05, 0) is 19.1 Å². The molecular weight excluding hydrogens is 228 g/mol. The van der Waals surface area contributed by atoms with Crippen LogP contribution in [0.15, 0.2) is 12.1 Å². The van der Waals surface area contributed by atoms with Gasteiger partial charge >= 0.3 is 0 Å². The molecule has 0 aliphatic carbocycles. The third kappa shape index (κ3) is 2.96. The maximum absolute atomic E-state index is 11.6. The largest absolute Gasteiger partial charge is 0.350 e. The first-order chi connectivity index (χ1) is 7.25. The van der Waals surface area contributed by atoms with Gasteiger partial charge in [0.05, 0.1) is 12.6 Å². The summed E-state index contributed by atoms with van der Waals surface area (Å²) in [5, 5.41) is 6.10. The molecule has 82 valence electrons. The van der Waals surface area contributed by atoms with Gasteiger partial charge in [-0.15, -0.1) is 23.1 Å². The van der Waals surface area contributed by atoms with E-state index in [-0.39, 0.29) is 11.9 Å². The summed E-state index contributed by atoms with van der Waals surface area (Å²) in [5.41, 5.74) is 0. The molecule has 2 rings (SSSR count). The number of rotatable bonds is 3. The van der Waals surface area contributed by atoms with Crippen LogP contribution >= 0.6 is 23.1 Å². The number of amides is 1. The van der Waals surface area contributed by atoms with Gasteiger partial charge in [-0.2, -0.15) is 0 Å². The van der Waals surface area contributed by atoms with E-state index in [9.17, 15) is 4.79 Å². The first-order valence-electron chi connectivity index (χ1n) is 4.90. The molecule has 1 atom stereocenters. The van der Waals surface area contributed by atoms with Crippen molar-refractivity contribution in [3.8, 4) is 0 Å². The highest BCUT2D eigenvalue weighted by Crippen LogP contribution is 2.15. The van der Waals surface area contributed by atoms with Crippen LogP contribution in [0.4, 0.5) is 0 Å². The Bertz CT molecular complexity index is 345. The van der Waals surface area contributed by atoms with Gasteiger partial charge < -0.3 is 5.32 Å². The van der Waals surface area contributed by atoms with E-state index in [1.807, 2.05) is 0 Å². The number of thiophene rings is 1. The molecule has 0 radical (unpaired) electrons. The zero-order chi connectivity index (χ0) is 10.7. The molecule has 1 aliphatic heterocycles. The molecule has 5 heteroatoms. The van der Waals surface area contributed by atoms with Gasteiger partial charge in [0, 0.05) is 21.4 Å². The Kier molecular flexibility index (Phi) is 3.66. The van der Waals surface area contributed by atoms with Crippen molar-refractivity contribution in [2.45, 2.75) is 19.5 Å². The number of hydrogen-bond donors (Lipinski definition) is 2. The maximum Gasteiger partial charge on any atom is 0.238 e. The molecule has 3 nitrogen and oxygen atoms in total. The number of carbonyl (C=O) groups excluding carboxylic acids is 1. The second-order valence-corrected chi connectivity index (χ2v) is 5.90. The molecule has 1 saturated heterocycles. The maximum atomic E-state index is 11.6. The SMILES string of the molecule is Cc1ccc(CNC(=O)[C@H]2CSCN2)s1. The molecule has 0 spiro atoms. The molecule has 1 fully saturated rings. The third-order valence-electron chi connectivity index (χ3n) is 2.27. The van der Waals surface area contributed by atoms with E-state index in [4.69, 9.17) is 0 Å². The smallest absolute Gasteiger partial charge is 0.238 e. The van der Waals surface area contributed by atoms with Crippen molar-refractivity contribution >= 4 is 29.0 Å². The zero-order valence-electron chi connectivity index (χ0n) is 8.58. The lowest BCUT2D eigenvalue weighted by atomic mass is 10.3. The van der Waals surface area contributed by atoms with E-state index in [2.05, 4.69) is 29.7 Å². The minimum absolute atomic E-state index is 0.00365. The number of carbonyl (C=O) groups is 1. The predicted octanol–water partition coefficient (Wildman–Crippen LogP) is 1.34. The van der Waals surface area contributed by atoms with Crippen molar-refractivity contribution in [1.82, 2.24) is 10.6 Å². The highest BCUT2D eigenvalue weighted by Gasteiger charge is 2.21. The van der Waals surface area contributed by atoms with Gasteiger partial charge in [-0.3, -0.25) is 10.1 Å². The number of hydrogen-bond acceptors (Lipinski definition) is 4. The Morgan fingerprint density at radius 3 is 3.13 bits per heavy atom. The minimum atomic E-state index is -0.00365. The van der Waals surface area contributed by atoms with Crippen LogP contribution in [-0.2, 0) is 11.3 Å². The van der Waals surface area contributed by atoms with Gasteiger partial charge in [-0.1, -0.05) is 0 Å². The Morgan fingerprint density at radius 1 is 1.67 bits per heavy atom.